The van der Waals surface area contributed by atoms with E-state index < -0.39 is 0 Å². The molecule has 1 saturated heterocycles. The molecule has 3 heteroatoms. The number of hydrogen-bond donors (Lipinski definition) is 1. The highest BCUT2D eigenvalue weighted by Gasteiger charge is 2.40. The summed E-state index contributed by atoms with van der Waals surface area (Å²) >= 11 is 0. The summed E-state index contributed by atoms with van der Waals surface area (Å²) < 4.78 is 11.6. The Labute approximate surface area is 109 Å². The Kier molecular flexibility index (Phi) is 3.44. The van der Waals surface area contributed by atoms with Crippen LogP contribution in [-0.2, 0) is 4.74 Å². The zero-order valence-electron chi connectivity index (χ0n) is 11.2. The lowest BCUT2D eigenvalue weighted by Gasteiger charge is -2.45. The van der Waals surface area contributed by atoms with Crippen molar-refractivity contribution in [2.24, 2.45) is 5.92 Å². The minimum atomic E-state index is 0.0753. The molecule has 1 spiro atoms. The summed E-state index contributed by atoms with van der Waals surface area (Å²) in [5.74, 6) is 0.911. The SMILES string of the molecule is CCC1CCC2(CC1)CNCC(c1ccoc1)O2. The number of rotatable bonds is 2. The molecule has 0 aromatic carbocycles. The first kappa shape index (κ1) is 12.2. The molecule has 3 nitrogen and oxygen atoms in total. The van der Waals surface area contributed by atoms with Gasteiger partial charge in [-0.15, -0.1) is 0 Å². The van der Waals surface area contributed by atoms with Crippen LogP contribution in [0.15, 0.2) is 23.0 Å². The van der Waals surface area contributed by atoms with Crippen molar-refractivity contribution in [2.75, 3.05) is 13.1 Å². The van der Waals surface area contributed by atoms with Crippen LogP contribution in [0.5, 0.6) is 0 Å². The van der Waals surface area contributed by atoms with Crippen molar-refractivity contribution in [3.05, 3.63) is 24.2 Å². The first-order chi connectivity index (χ1) is 8.81. The van der Waals surface area contributed by atoms with Crippen LogP contribution in [0.3, 0.4) is 0 Å². The van der Waals surface area contributed by atoms with E-state index in [0.29, 0.717) is 0 Å². The predicted octanol–water partition coefficient (Wildman–Crippen LogP) is 3.28. The van der Waals surface area contributed by atoms with Crippen LogP contribution >= 0.6 is 0 Å². The molecular weight excluding hydrogens is 226 g/mol. The molecule has 1 aliphatic heterocycles. The topological polar surface area (TPSA) is 34.4 Å². The fraction of sp³-hybridized carbons (Fsp3) is 0.733. The highest BCUT2D eigenvalue weighted by molar-refractivity contribution is 5.12. The van der Waals surface area contributed by atoms with E-state index in [-0.39, 0.29) is 11.7 Å². The van der Waals surface area contributed by atoms with Crippen molar-refractivity contribution >= 4 is 0 Å². The first-order valence-electron chi connectivity index (χ1n) is 7.22. The zero-order valence-corrected chi connectivity index (χ0v) is 11.2. The lowest BCUT2D eigenvalue weighted by molar-refractivity contribution is -0.141. The van der Waals surface area contributed by atoms with Crippen LogP contribution < -0.4 is 5.32 Å². The summed E-state index contributed by atoms with van der Waals surface area (Å²) in [6.45, 7) is 4.22. The second-order valence-electron chi connectivity index (χ2n) is 5.83. The third-order valence-electron chi connectivity index (χ3n) is 4.68. The molecule has 0 amide bonds. The molecular formula is C15H23NO2. The normalized spacial score (nSPS) is 36.9. The second kappa shape index (κ2) is 5.06. The van der Waals surface area contributed by atoms with Crippen molar-refractivity contribution in [1.82, 2.24) is 5.32 Å². The lowest BCUT2D eigenvalue weighted by Crippen LogP contribution is -2.52. The minimum absolute atomic E-state index is 0.0753. The quantitative estimate of drug-likeness (QED) is 0.873. The van der Waals surface area contributed by atoms with E-state index in [2.05, 4.69) is 12.2 Å². The maximum atomic E-state index is 6.43. The van der Waals surface area contributed by atoms with E-state index in [1.807, 2.05) is 12.3 Å². The fourth-order valence-corrected chi connectivity index (χ4v) is 3.37. The molecule has 3 rings (SSSR count). The monoisotopic (exact) mass is 249 g/mol. The van der Waals surface area contributed by atoms with Crippen LogP contribution in [-0.4, -0.2) is 18.7 Å². The van der Waals surface area contributed by atoms with Gasteiger partial charge in [-0.2, -0.15) is 0 Å². The Morgan fingerprint density at radius 1 is 1.39 bits per heavy atom. The van der Waals surface area contributed by atoms with Gasteiger partial charge in [0, 0.05) is 18.7 Å². The zero-order chi connectivity index (χ0) is 12.4. The van der Waals surface area contributed by atoms with Crippen LogP contribution in [0.4, 0.5) is 0 Å². The first-order valence-corrected chi connectivity index (χ1v) is 7.22. The highest BCUT2D eigenvalue weighted by atomic mass is 16.5. The summed E-state index contributed by atoms with van der Waals surface area (Å²) in [5.41, 5.74) is 1.24. The van der Waals surface area contributed by atoms with Gasteiger partial charge in [0.25, 0.3) is 0 Å². The number of hydrogen-bond acceptors (Lipinski definition) is 3. The Hall–Kier alpha value is -0.800. The summed E-state index contributed by atoms with van der Waals surface area (Å²) in [4.78, 5) is 0. The third kappa shape index (κ3) is 2.34. The van der Waals surface area contributed by atoms with Gasteiger partial charge >= 0.3 is 0 Å². The molecule has 0 bridgehead atoms. The summed E-state index contributed by atoms with van der Waals surface area (Å²) in [5, 5.41) is 3.55. The van der Waals surface area contributed by atoms with E-state index in [1.165, 1.54) is 37.7 Å². The van der Waals surface area contributed by atoms with E-state index >= 15 is 0 Å². The molecule has 1 aliphatic carbocycles. The standard InChI is InChI=1S/C15H23NO2/c1-2-12-3-6-15(7-4-12)11-16-9-14(18-15)13-5-8-17-10-13/h5,8,10,12,14,16H,2-4,6-7,9,11H2,1H3. The predicted molar refractivity (Wildman–Crippen MR) is 70.4 cm³/mol. The largest absolute Gasteiger partial charge is 0.472 e. The molecule has 18 heavy (non-hydrogen) atoms. The van der Waals surface area contributed by atoms with E-state index in [4.69, 9.17) is 9.15 Å². The molecule has 1 aromatic rings. The average molecular weight is 249 g/mol. The van der Waals surface area contributed by atoms with Gasteiger partial charge < -0.3 is 14.5 Å². The Bertz CT molecular complexity index is 366. The van der Waals surface area contributed by atoms with Gasteiger partial charge in [-0.05, 0) is 37.7 Å². The van der Waals surface area contributed by atoms with Crippen LogP contribution in [0.2, 0.25) is 0 Å². The van der Waals surface area contributed by atoms with Gasteiger partial charge in [0.05, 0.1) is 24.2 Å². The number of furan rings is 1. The third-order valence-corrected chi connectivity index (χ3v) is 4.68. The maximum Gasteiger partial charge on any atom is 0.0988 e. The van der Waals surface area contributed by atoms with Crippen molar-refractivity contribution in [2.45, 2.75) is 50.7 Å². The van der Waals surface area contributed by atoms with Crippen molar-refractivity contribution in [1.29, 1.82) is 0 Å². The molecule has 1 N–H and O–H groups in total. The summed E-state index contributed by atoms with van der Waals surface area (Å²) in [6, 6.07) is 2.02. The molecule has 2 fully saturated rings. The number of ether oxygens (including phenoxy) is 1. The average Bonchev–Trinajstić information content (AvgIpc) is 2.94. The minimum Gasteiger partial charge on any atom is -0.472 e. The van der Waals surface area contributed by atoms with E-state index in [1.54, 1.807) is 6.26 Å². The molecule has 100 valence electrons. The highest BCUT2D eigenvalue weighted by Crippen LogP contribution is 2.40. The van der Waals surface area contributed by atoms with E-state index in [9.17, 15) is 0 Å². The Morgan fingerprint density at radius 3 is 2.89 bits per heavy atom. The van der Waals surface area contributed by atoms with Crippen molar-refractivity contribution in [3.8, 4) is 0 Å². The van der Waals surface area contributed by atoms with Gasteiger partial charge in [0.2, 0.25) is 0 Å². The van der Waals surface area contributed by atoms with Crippen LogP contribution in [0.1, 0.15) is 50.7 Å². The summed E-state index contributed by atoms with van der Waals surface area (Å²) in [7, 11) is 0. The molecule has 2 aliphatic rings. The Morgan fingerprint density at radius 2 is 2.22 bits per heavy atom. The van der Waals surface area contributed by atoms with Crippen LogP contribution in [0, 0.1) is 5.92 Å². The van der Waals surface area contributed by atoms with Gasteiger partial charge in [-0.25, -0.2) is 0 Å². The molecule has 1 aromatic heterocycles. The smallest absolute Gasteiger partial charge is 0.0988 e. The van der Waals surface area contributed by atoms with Crippen molar-refractivity contribution in [3.63, 3.8) is 0 Å². The number of nitrogens with one attached hydrogen (secondary N) is 1. The van der Waals surface area contributed by atoms with Gasteiger partial charge in [0.1, 0.15) is 0 Å². The lowest BCUT2D eigenvalue weighted by atomic mass is 9.77. The van der Waals surface area contributed by atoms with Gasteiger partial charge in [-0.1, -0.05) is 13.3 Å². The molecule has 0 radical (unpaired) electrons. The molecule has 2 heterocycles. The second-order valence-corrected chi connectivity index (χ2v) is 5.83. The number of morpholine rings is 1. The maximum absolute atomic E-state index is 6.43. The summed E-state index contributed by atoms with van der Waals surface area (Å²) in [6.07, 6.45) is 10.0. The van der Waals surface area contributed by atoms with Crippen molar-refractivity contribution < 1.29 is 9.15 Å². The van der Waals surface area contributed by atoms with Crippen LogP contribution in [0.25, 0.3) is 0 Å². The molecule has 1 saturated carbocycles. The van der Waals surface area contributed by atoms with E-state index in [0.717, 1.165) is 19.0 Å². The van der Waals surface area contributed by atoms with Gasteiger partial charge in [0.15, 0.2) is 0 Å². The van der Waals surface area contributed by atoms with Gasteiger partial charge in [-0.3, -0.25) is 0 Å². The molecule has 1 atom stereocenters. The Balaban J connectivity index is 1.67. The fourth-order valence-electron chi connectivity index (χ4n) is 3.37. The molecule has 1 unspecified atom stereocenters.